The number of aromatic nitrogens is 1. The molecule has 88 valence electrons. The molecule has 0 bridgehead atoms. The third-order valence-electron chi connectivity index (χ3n) is 1.71. The van der Waals surface area contributed by atoms with Crippen LogP contribution >= 0.6 is 11.8 Å². The Morgan fingerprint density at radius 2 is 2.25 bits per heavy atom. The summed E-state index contributed by atoms with van der Waals surface area (Å²) in [5.41, 5.74) is 0.707. The highest BCUT2D eigenvalue weighted by Crippen LogP contribution is 2.16. The Morgan fingerprint density at radius 3 is 2.75 bits per heavy atom. The first kappa shape index (κ1) is 12.8. The quantitative estimate of drug-likeness (QED) is 0.794. The molecule has 0 aliphatic rings. The highest BCUT2D eigenvalue weighted by atomic mass is 32.2. The molecule has 0 spiro atoms. The molecule has 0 unspecified atom stereocenters. The predicted octanol–water partition coefficient (Wildman–Crippen LogP) is 2.72. The summed E-state index contributed by atoms with van der Waals surface area (Å²) >= 11 is 1.67. The van der Waals surface area contributed by atoms with Crippen molar-refractivity contribution >= 4 is 23.5 Å². The molecule has 0 aromatic carbocycles. The molecule has 0 aliphatic carbocycles. The van der Waals surface area contributed by atoms with Crippen LogP contribution in [0.15, 0.2) is 23.4 Å². The van der Waals surface area contributed by atoms with Crippen LogP contribution in [0.25, 0.3) is 0 Å². The maximum atomic E-state index is 11.4. The Kier molecular flexibility index (Phi) is 5.11. The van der Waals surface area contributed by atoms with Crippen LogP contribution in [0.1, 0.15) is 20.8 Å². The molecule has 1 aromatic rings. The van der Waals surface area contributed by atoms with Crippen LogP contribution in [-0.2, 0) is 0 Å². The van der Waals surface area contributed by atoms with Gasteiger partial charge in [-0.3, -0.25) is 0 Å². The minimum Gasteiger partial charge on any atom is -0.336 e. The van der Waals surface area contributed by atoms with E-state index in [4.69, 9.17) is 0 Å². The van der Waals surface area contributed by atoms with Gasteiger partial charge in [-0.1, -0.05) is 6.92 Å². The molecule has 0 atom stereocenters. The van der Waals surface area contributed by atoms with Gasteiger partial charge in [-0.2, -0.15) is 0 Å². The summed E-state index contributed by atoms with van der Waals surface area (Å²) in [6.45, 7) is 5.91. The number of nitrogens with one attached hydrogen (secondary N) is 2. The van der Waals surface area contributed by atoms with Crippen LogP contribution in [-0.4, -0.2) is 22.8 Å². The van der Waals surface area contributed by atoms with E-state index in [0.29, 0.717) is 5.69 Å². The van der Waals surface area contributed by atoms with Gasteiger partial charge in [0.25, 0.3) is 0 Å². The lowest BCUT2D eigenvalue weighted by Crippen LogP contribution is -2.34. The Balaban J connectivity index is 2.51. The second-order valence-electron chi connectivity index (χ2n) is 3.57. The average Bonchev–Trinajstić information content (AvgIpc) is 2.20. The minimum atomic E-state index is -0.201. The first-order valence-electron chi connectivity index (χ1n) is 5.28. The number of anilines is 1. The van der Waals surface area contributed by atoms with Gasteiger partial charge in [0.1, 0.15) is 0 Å². The summed E-state index contributed by atoms with van der Waals surface area (Å²) in [6, 6.07) is 3.68. The van der Waals surface area contributed by atoms with Crippen LogP contribution in [0.3, 0.4) is 0 Å². The van der Waals surface area contributed by atoms with Gasteiger partial charge >= 0.3 is 6.03 Å². The van der Waals surface area contributed by atoms with Crippen LogP contribution in [0.2, 0.25) is 0 Å². The number of amides is 2. The fourth-order valence-corrected chi connectivity index (χ4v) is 1.70. The van der Waals surface area contributed by atoms with E-state index in [1.807, 2.05) is 26.0 Å². The highest BCUT2D eigenvalue weighted by molar-refractivity contribution is 7.99. The Bertz CT molecular complexity index is 338. The lowest BCUT2D eigenvalue weighted by molar-refractivity contribution is 0.250. The van der Waals surface area contributed by atoms with Crippen LogP contribution < -0.4 is 10.6 Å². The second kappa shape index (κ2) is 6.37. The van der Waals surface area contributed by atoms with Crippen LogP contribution in [0.4, 0.5) is 10.5 Å². The van der Waals surface area contributed by atoms with E-state index in [9.17, 15) is 4.79 Å². The summed E-state index contributed by atoms with van der Waals surface area (Å²) in [4.78, 5) is 15.6. The molecule has 2 N–H and O–H groups in total. The van der Waals surface area contributed by atoms with E-state index in [-0.39, 0.29) is 12.1 Å². The number of pyridine rings is 1. The molecule has 0 saturated carbocycles. The van der Waals surface area contributed by atoms with Crippen LogP contribution in [0, 0.1) is 0 Å². The molecule has 1 aromatic heterocycles. The van der Waals surface area contributed by atoms with Gasteiger partial charge in [-0.15, -0.1) is 11.8 Å². The van der Waals surface area contributed by atoms with Crippen molar-refractivity contribution in [1.29, 1.82) is 0 Å². The monoisotopic (exact) mass is 239 g/mol. The lowest BCUT2D eigenvalue weighted by Gasteiger charge is -2.09. The Hall–Kier alpha value is -1.23. The third-order valence-corrected chi connectivity index (χ3v) is 2.53. The van der Waals surface area contributed by atoms with Gasteiger partial charge in [0.2, 0.25) is 0 Å². The number of thioether (sulfide) groups is 1. The molecular weight excluding hydrogens is 222 g/mol. The van der Waals surface area contributed by atoms with E-state index in [1.54, 1.807) is 18.0 Å². The van der Waals surface area contributed by atoms with E-state index in [2.05, 4.69) is 22.5 Å². The molecule has 0 radical (unpaired) electrons. The number of hydrogen-bond donors (Lipinski definition) is 2. The molecule has 16 heavy (non-hydrogen) atoms. The molecule has 2 amide bonds. The number of carbonyl (C=O) groups excluding carboxylic acids is 1. The number of rotatable bonds is 4. The fourth-order valence-electron chi connectivity index (χ4n) is 1.12. The van der Waals surface area contributed by atoms with Crippen molar-refractivity contribution in [2.75, 3.05) is 11.1 Å². The van der Waals surface area contributed by atoms with Gasteiger partial charge in [0.15, 0.2) is 0 Å². The summed E-state index contributed by atoms with van der Waals surface area (Å²) in [5.74, 6) is 0.994. The van der Waals surface area contributed by atoms with Crippen molar-refractivity contribution in [2.24, 2.45) is 0 Å². The molecule has 0 saturated heterocycles. The second-order valence-corrected chi connectivity index (χ2v) is 4.86. The van der Waals surface area contributed by atoms with E-state index >= 15 is 0 Å². The Morgan fingerprint density at radius 1 is 1.50 bits per heavy atom. The fraction of sp³-hybridized carbons (Fsp3) is 0.455. The van der Waals surface area contributed by atoms with Crippen molar-refractivity contribution in [1.82, 2.24) is 10.3 Å². The van der Waals surface area contributed by atoms with Crippen molar-refractivity contribution < 1.29 is 4.79 Å². The normalized spacial score (nSPS) is 10.2. The zero-order chi connectivity index (χ0) is 12.0. The predicted molar refractivity (Wildman–Crippen MR) is 67.9 cm³/mol. The smallest absolute Gasteiger partial charge is 0.319 e. The molecular formula is C11H17N3OS. The van der Waals surface area contributed by atoms with Gasteiger partial charge in [0.05, 0.1) is 16.9 Å². The summed E-state index contributed by atoms with van der Waals surface area (Å²) in [7, 11) is 0. The molecule has 4 nitrogen and oxygen atoms in total. The zero-order valence-electron chi connectivity index (χ0n) is 9.78. The highest BCUT2D eigenvalue weighted by Gasteiger charge is 2.03. The number of hydrogen-bond acceptors (Lipinski definition) is 3. The van der Waals surface area contributed by atoms with E-state index in [1.165, 1.54) is 0 Å². The maximum Gasteiger partial charge on any atom is 0.319 e. The number of nitrogens with zero attached hydrogens (tertiary/aromatic N) is 1. The van der Waals surface area contributed by atoms with Crippen molar-refractivity contribution in [3.05, 3.63) is 18.3 Å². The number of urea groups is 1. The maximum absolute atomic E-state index is 11.4. The van der Waals surface area contributed by atoms with Gasteiger partial charge < -0.3 is 10.6 Å². The van der Waals surface area contributed by atoms with Crippen molar-refractivity contribution in [3.8, 4) is 0 Å². The number of carbonyl (C=O) groups is 1. The summed E-state index contributed by atoms with van der Waals surface area (Å²) in [6.07, 6.45) is 1.66. The first-order valence-corrected chi connectivity index (χ1v) is 6.26. The third kappa shape index (κ3) is 4.53. The standard InChI is InChI=1S/C11H17N3OS/c1-4-16-10-6-5-9(7-12-10)14-11(15)13-8(2)3/h5-8H,4H2,1-3H3,(H2,13,14,15). The minimum absolute atomic E-state index is 0.128. The van der Waals surface area contributed by atoms with E-state index in [0.717, 1.165) is 10.8 Å². The van der Waals surface area contributed by atoms with Gasteiger partial charge in [-0.25, -0.2) is 9.78 Å². The van der Waals surface area contributed by atoms with Gasteiger partial charge in [0, 0.05) is 6.04 Å². The molecule has 1 heterocycles. The summed E-state index contributed by atoms with van der Waals surface area (Å²) in [5, 5.41) is 6.44. The molecule has 1 rings (SSSR count). The lowest BCUT2D eigenvalue weighted by atomic mass is 10.4. The topological polar surface area (TPSA) is 54.0 Å². The van der Waals surface area contributed by atoms with Gasteiger partial charge in [-0.05, 0) is 31.7 Å². The van der Waals surface area contributed by atoms with Crippen LogP contribution in [0.5, 0.6) is 0 Å². The Labute approximate surface area is 100 Å². The van der Waals surface area contributed by atoms with Crippen molar-refractivity contribution in [3.63, 3.8) is 0 Å². The zero-order valence-corrected chi connectivity index (χ0v) is 10.6. The molecule has 0 fully saturated rings. The SMILES string of the molecule is CCSc1ccc(NC(=O)NC(C)C)cn1. The average molecular weight is 239 g/mol. The summed E-state index contributed by atoms with van der Waals surface area (Å²) < 4.78 is 0. The van der Waals surface area contributed by atoms with E-state index < -0.39 is 0 Å². The first-order chi connectivity index (χ1) is 7.61. The molecule has 0 aliphatic heterocycles. The largest absolute Gasteiger partial charge is 0.336 e. The molecule has 5 heteroatoms. The van der Waals surface area contributed by atoms with Crippen molar-refractivity contribution in [2.45, 2.75) is 31.8 Å².